The lowest BCUT2D eigenvalue weighted by molar-refractivity contribution is 0.102. The molecule has 7 heteroatoms. The van der Waals surface area contributed by atoms with E-state index < -0.39 is 0 Å². The molecule has 0 atom stereocenters. The Balaban J connectivity index is 1.78. The molecule has 0 bridgehead atoms. The molecule has 0 spiro atoms. The number of pyridine rings is 1. The highest BCUT2D eigenvalue weighted by Crippen LogP contribution is 2.23. The van der Waals surface area contributed by atoms with E-state index in [0.29, 0.717) is 22.2 Å². The van der Waals surface area contributed by atoms with Gasteiger partial charge in [-0.15, -0.1) is 0 Å². The first-order valence-corrected chi connectivity index (χ1v) is 8.40. The first-order valence-electron chi connectivity index (χ1n) is 7.65. The van der Waals surface area contributed by atoms with Crippen LogP contribution in [0, 0.1) is 13.8 Å². The van der Waals surface area contributed by atoms with E-state index in [0.717, 1.165) is 17.0 Å². The van der Waals surface area contributed by atoms with E-state index in [1.807, 2.05) is 42.8 Å². The largest absolute Gasteiger partial charge is 0.305 e. The average molecular weight is 375 g/mol. The number of halogens is 2. The third kappa shape index (κ3) is 4.18. The van der Waals surface area contributed by atoms with Crippen molar-refractivity contribution >= 4 is 34.9 Å². The molecule has 0 unspecified atom stereocenters. The minimum Gasteiger partial charge on any atom is -0.305 e. The molecular formula is C18H16Cl2N4O. The molecular weight excluding hydrogens is 359 g/mol. The molecule has 25 heavy (non-hydrogen) atoms. The molecule has 2 aromatic heterocycles. The van der Waals surface area contributed by atoms with Crippen molar-refractivity contribution in [1.29, 1.82) is 0 Å². The summed E-state index contributed by atoms with van der Waals surface area (Å²) in [4.78, 5) is 16.5. The highest BCUT2D eigenvalue weighted by molar-refractivity contribution is 6.36. The van der Waals surface area contributed by atoms with Crippen molar-refractivity contribution in [2.45, 2.75) is 20.4 Å². The summed E-state index contributed by atoms with van der Waals surface area (Å²) in [6.45, 7) is 4.56. The van der Waals surface area contributed by atoms with Crippen LogP contribution in [0.25, 0.3) is 0 Å². The van der Waals surface area contributed by atoms with Gasteiger partial charge < -0.3 is 5.32 Å². The van der Waals surface area contributed by atoms with Crippen LogP contribution in [0.5, 0.6) is 0 Å². The van der Waals surface area contributed by atoms with Crippen LogP contribution in [0.1, 0.15) is 27.3 Å². The van der Waals surface area contributed by atoms with Gasteiger partial charge in [0.05, 0.1) is 22.3 Å². The molecule has 0 fully saturated rings. The zero-order valence-corrected chi connectivity index (χ0v) is 15.3. The zero-order valence-electron chi connectivity index (χ0n) is 13.8. The summed E-state index contributed by atoms with van der Waals surface area (Å²) in [5.74, 6) is -0.00745. The highest BCUT2D eigenvalue weighted by atomic mass is 35.5. The Morgan fingerprint density at radius 2 is 2.00 bits per heavy atom. The van der Waals surface area contributed by atoms with Crippen molar-refractivity contribution in [2.24, 2.45) is 0 Å². The van der Waals surface area contributed by atoms with Gasteiger partial charge in [-0.05, 0) is 43.7 Å². The first-order chi connectivity index (χ1) is 11.9. The van der Waals surface area contributed by atoms with Crippen molar-refractivity contribution in [3.05, 3.63) is 75.2 Å². The van der Waals surface area contributed by atoms with Crippen LogP contribution in [0.15, 0.2) is 42.6 Å². The maximum atomic E-state index is 12.5. The van der Waals surface area contributed by atoms with Gasteiger partial charge in [0.1, 0.15) is 0 Å². The Bertz CT molecular complexity index is 937. The van der Waals surface area contributed by atoms with Gasteiger partial charge in [0, 0.05) is 17.5 Å². The number of amides is 1. The third-order valence-electron chi connectivity index (χ3n) is 3.66. The molecule has 0 aliphatic carbocycles. The Morgan fingerprint density at radius 1 is 1.20 bits per heavy atom. The lowest BCUT2D eigenvalue weighted by Crippen LogP contribution is -2.14. The molecule has 0 radical (unpaired) electrons. The minimum absolute atomic E-state index is 0.278. The van der Waals surface area contributed by atoms with E-state index in [1.165, 1.54) is 12.3 Å². The molecule has 128 valence electrons. The number of rotatable bonds is 4. The first kappa shape index (κ1) is 17.5. The van der Waals surface area contributed by atoms with E-state index in [9.17, 15) is 4.79 Å². The predicted molar refractivity (Wildman–Crippen MR) is 99.5 cm³/mol. The molecule has 3 rings (SSSR count). The molecule has 1 amide bonds. The molecule has 0 saturated heterocycles. The van der Waals surface area contributed by atoms with Crippen molar-refractivity contribution in [3.63, 3.8) is 0 Å². The lowest BCUT2D eigenvalue weighted by Gasteiger charge is -2.09. The Hall–Kier alpha value is -2.37. The second-order valence-corrected chi connectivity index (χ2v) is 6.57. The fraction of sp³-hybridized carbons (Fsp3) is 0.167. The average Bonchev–Trinajstić information content (AvgIpc) is 2.87. The predicted octanol–water partition coefficient (Wildman–Crippen LogP) is 4.50. The fourth-order valence-corrected chi connectivity index (χ4v) is 2.93. The topological polar surface area (TPSA) is 59.8 Å². The monoisotopic (exact) mass is 374 g/mol. The number of anilines is 1. The molecule has 0 saturated carbocycles. The maximum absolute atomic E-state index is 12.5. The van der Waals surface area contributed by atoms with Gasteiger partial charge >= 0.3 is 0 Å². The van der Waals surface area contributed by atoms with Gasteiger partial charge in [-0.3, -0.25) is 9.48 Å². The maximum Gasteiger partial charge on any atom is 0.256 e. The summed E-state index contributed by atoms with van der Waals surface area (Å²) < 4.78 is 1.91. The van der Waals surface area contributed by atoms with Crippen molar-refractivity contribution < 1.29 is 4.79 Å². The van der Waals surface area contributed by atoms with E-state index >= 15 is 0 Å². The van der Waals surface area contributed by atoms with Gasteiger partial charge in [-0.25, -0.2) is 4.98 Å². The summed E-state index contributed by atoms with van der Waals surface area (Å²) in [5, 5.41) is 7.84. The number of aryl methyl sites for hydroxylation is 2. The standard InChI is InChI=1S/C18H16Cl2N4O/c1-11-6-12(2)24(23-11)10-13-4-3-5-14(7-13)18(25)22-17-16(20)8-15(19)9-21-17/h3-9H,10H2,1-2H3,(H,21,22,25). The van der Waals surface area contributed by atoms with Crippen molar-refractivity contribution in [1.82, 2.24) is 14.8 Å². The smallest absolute Gasteiger partial charge is 0.256 e. The van der Waals surface area contributed by atoms with Crippen LogP contribution < -0.4 is 5.32 Å². The lowest BCUT2D eigenvalue weighted by atomic mass is 10.1. The number of hydrogen-bond acceptors (Lipinski definition) is 3. The SMILES string of the molecule is Cc1cc(C)n(Cc2cccc(C(=O)Nc3ncc(Cl)cc3Cl)c2)n1. The molecule has 0 aliphatic rings. The van der Waals surface area contributed by atoms with E-state index in [2.05, 4.69) is 15.4 Å². The van der Waals surface area contributed by atoms with Crippen LogP contribution >= 0.6 is 23.2 Å². The zero-order chi connectivity index (χ0) is 18.0. The third-order valence-corrected chi connectivity index (χ3v) is 4.16. The molecule has 0 aliphatic heterocycles. The fourth-order valence-electron chi connectivity index (χ4n) is 2.51. The van der Waals surface area contributed by atoms with E-state index in [4.69, 9.17) is 23.2 Å². The van der Waals surface area contributed by atoms with Gasteiger partial charge in [0.15, 0.2) is 5.82 Å². The second-order valence-electron chi connectivity index (χ2n) is 5.72. The summed E-state index contributed by atoms with van der Waals surface area (Å²) >= 11 is 11.9. The van der Waals surface area contributed by atoms with Gasteiger partial charge in [-0.1, -0.05) is 35.3 Å². The van der Waals surface area contributed by atoms with Crippen LogP contribution in [0.3, 0.4) is 0 Å². The molecule has 2 heterocycles. The Morgan fingerprint density at radius 3 is 2.68 bits per heavy atom. The summed E-state index contributed by atoms with van der Waals surface area (Å²) in [7, 11) is 0. The summed E-state index contributed by atoms with van der Waals surface area (Å²) in [6, 6.07) is 10.9. The number of nitrogens with one attached hydrogen (secondary N) is 1. The number of aromatic nitrogens is 3. The van der Waals surface area contributed by atoms with Crippen LogP contribution in [-0.2, 0) is 6.54 Å². The number of carbonyl (C=O) groups excluding carboxylic acids is 1. The highest BCUT2D eigenvalue weighted by Gasteiger charge is 2.11. The molecule has 3 aromatic rings. The normalized spacial score (nSPS) is 10.7. The Labute approximate surface area is 155 Å². The van der Waals surface area contributed by atoms with E-state index in [1.54, 1.807) is 6.07 Å². The van der Waals surface area contributed by atoms with Gasteiger partial charge in [0.2, 0.25) is 0 Å². The van der Waals surface area contributed by atoms with Crippen molar-refractivity contribution in [3.8, 4) is 0 Å². The van der Waals surface area contributed by atoms with Crippen LogP contribution in [0.4, 0.5) is 5.82 Å². The Kier molecular flexibility index (Phi) is 5.06. The van der Waals surface area contributed by atoms with Crippen LogP contribution in [0.2, 0.25) is 10.0 Å². The number of nitrogens with zero attached hydrogens (tertiary/aromatic N) is 3. The quantitative estimate of drug-likeness (QED) is 0.730. The minimum atomic E-state index is -0.285. The molecule has 1 aromatic carbocycles. The number of carbonyl (C=O) groups is 1. The molecule has 5 nitrogen and oxygen atoms in total. The van der Waals surface area contributed by atoms with Crippen molar-refractivity contribution in [2.75, 3.05) is 5.32 Å². The van der Waals surface area contributed by atoms with E-state index in [-0.39, 0.29) is 11.7 Å². The number of benzene rings is 1. The second kappa shape index (κ2) is 7.25. The van der Waals surface area contributed by atoms with Crippen LogP contribution in [-0.4, -0.2) is 20.7 Å². The van der Waals surface area contributed by atoms with Gasteiger partial charge in [-0.2, -0.15) is 5.10 Å². The molecule has 1 N–H and O–H groups in total. The van der Waals surface area contributed by atoms with Gasteiger partial charge in [0.25, 0.3) is 5.91 Å². The number of hydrogen-bond donors (Lipinski definition) is 1. The summed E-state index contributed by atoms with van der Waals surface area (Å²) in [5.41, 5.74) is 3.54. The summed E-state index contributed by atoms with van der Waals surface area (Å²) in [6.07, 6.45) is 1.43.